The molecular weight excluding hydrogens is 311 g/mol. The van der Waals surface area contributed by atoms with Crippen LogP contribution in [0.15, 0.2) is 29.4 Å². The molecule has 0 spiro atoms. The van der Waals surface area contributed by atoms with E-state index in [0.29, 0.717) is 26.0 Å². The number of ether oxygens (including phenoxy) is 1. The van der Waals surface area contributed by atoms with Gasteiger partial charge in [-0.2, -0.15) is 0 Å². The van der Waals surface area contributed by atoms with Crippen LogP contribution in [0.4, 0.5) is 4.39 Å². The smallest absolute Gasteiger partial charge is 0.313 e. The molecule has 2 aliphatic rings. The molecule has 24 heavy (non-hydrogen) atoms. The van der Waals surface area contributed by atoms with Crippen LogP contribution in [0.3, 0.4) is 0 Å². The van der Waals surface area contributed by atoms with Crippen molar-refractivity contribution >= 4 is 11.7 Å². The highest BCUT2D eigenvalue weighted by Crippen LogP contribution is 2.36. The van der Waals surface area contributed by atoms with Gasteiger partial charge in [0, 0.05) is 24.9 Å². The first-order chi connectivity index (χ1) is 11.6. The van der Waals surface area contributed by atoms with Gasteiger partial charge in [0.25, 0.3) is 0 Å². The van der Waals surface area contributed by atoms with Gasteiger partial charge < -0.3 is 14.9 Å². The largest absolute Gasteiger partial charge is 0.466 e. The number of piperidine rings is 1. The van der Waals surface area contributed by atoms with E-state index in [1.165, 1.54) is 12.1 Å². The van der Waals surface area contributed by atoms with Crippen molar-refractivity contribution in [1.29, 1.82) is 0 Å². The van der Waals surface area contributed by atoms with Crippen LogP contribution in [-0.4, -0.2) is 37.5 Å². The molecule has 1 aromatic carbocycles. The molecule has 0 bridgehead atoms. The van der Waals surface area contributed by atoms with Gasteiger partial charge in [-0.25, -0.2) is 4.39 Å². The number of nitrogens with one attached hydrogen (secondary N) is 1. The van der Waals surface area contributed by atoms with E-state index in [1.54, 1.807) is 6.07 Å². The first-order valence-electron chi connectivity index (χ1n) is 8.49. The van der Waals surface area contributed by atoms with Crippen LogP contribution < -0.4 is 5.32 Å². The Morgan fingerprint density at radius 3 is 3.12 bits per heavy atom. The number of carbonyl (C=O) groups excluding carboxylic acids is 1. The summed E-state index contributed by atoms with van der Waals surface area (Å²) in [6.07, 6.45) is 2.66. The number of rotatable bonds is 5. The Morgan fingerprint density at radius 1 is 1.54 bits per heavy atom. The molecule has 0 amide bonds. The molecule has 5 nitrogen and oxygen atoms in total. The minimum absolute atomic E-state index is 0.167. The Labute approximate surface area is 141 Å². The summed E-state index contributed by atoms with van der Waals surface area (Å²) in [4.78, 5) is 18.0. The Morgan fingerprint density at radius 2 is 2.42 bits per heavy atom. The van der Waals surface area contributed by atoms with Gasteiger partial charge in [-0.15, -0.1) is 0 Å². The molecule has 0 unspecified atom stereocenters. The van der Waals surface area contributed by atoms with Crippen LogP contribution in [-0.2, 0) is 14.4 Å². The molecule has 130 valence electrons. The fraction of sp³-hybridized carbons (Fsp3) is 0.556. The van der Waals surface area contributed by atoms with E-state index in [-0.39, 0.29) is 17.9 Å². The van der Waals surface area contributed by atoms with E-state index in [4.69, 9.17) is 9.57 Å². The van der Waals surface area contributed by atoms with Gasteiger partial charge in [0.2, 0.25) is 0 Å². The van der Waals surface area contributed by atoms with E-state index >= 15 is 0 Å². The molecule has 0 aromatic heterocycles. The molecule has 1 aromatic rings. The fourth-order valence-corrected chi connectivity index (χ4v) is 3.50. The zero-order chi connectivity index (χ0) is 17.0. The van der Waals surface area contributed by atoms with Crippen molar-refractivity contribution in [2.24, 2.45) is 10.6 Å². The summed E-state index contributed by atoms with van der Waals surface area (Å²) in [6, 6.07) is 6.33. The first-order valence-corrected chi connectivity index (χ1v) is 8.49. The number of nitrogens with zero attached hydrogens (tertiary/aromatic N) is 1. The van der Waals surface area contributed by atoms with Crippen LogP contribution in [0.2, 0.25) is 0 Å². The summed E-state index contributed by atoms with van der Waals surface area (Å²) in [6.45, 7) is 3.70. The lowest BCUT2D eigenvalue weighted by Gasteiger charge is -2.36. The lowest BCUT2D eigenvalue weighted by Crippen LogP contribution is -2.48. The number of benzene rings is 1. The summed E-state index contributed by atoms with van der Waals surface area (Å²) in [7, 11) is 0. The summed E-state index contributed by atoms with van der Waals surface area (Å²) in [5.74, 6) is -0.460. The van der Waals surface area contributed by atoms with Gasteiger partial charge in [0.05, 0.1) is 17.7 Å². The molecule has 2 aliphatic heterocycles. The average molecular weight is 334 g/mol. The average Bonchev–Trinajstić information content (AvgIpc) is 3.04. The Hall–Kier alpha value is -1.95. The molecule has 2 heterocycles. The molecule has 3 rings (SSSR count). The Balaban J connectivity index is 1.68. The third-order valence-electron chi connectivity index (χ3n) is 4.69. The number of carbonyl (C=O) groups is 1. The highest BCUT2D eigenvalue weighted by atomic mass is 19.1. The predicted molar refractivity (Wildman–Crippen MR) is 88.2 cm³/mol. The molecule has 1 N–H and O–H groups in total. The van der Waals surface area contributed by atoms with Crippen molar-refractivity contribution in [3.8, 4) is 0 Å². The quantitative estimate of drug-likeness (QED) is 0.841. The topological polar surface area (TPSA) is 59.9 Å². The second-order valence-electron chi connectivity index (χ2n) is 6.47. The molecule has 1 saturated heterocycles. The van der Waals surface area contributed by atoms with Crippen LogP contribution in [0.25, 0.3) is 0 Å². The molecular formula is C18H23FN2O3. The van der Waals surface area contributed by atoms with Crippen LogP contribution >= 0.6 is 0 Å². The van der Waals surface area contributed by atoms with Crippen LogP contribution in [0.5, 0.6) is 0 Å². The zero-order valence-corrected chi connectivity index (χ0v) is 13.9. The summed E-state index contributed by atoms with van der Waals surface area (Å²) in [5.41, 5.74) is 0.887. The van der Waals surface area contributed by atoms with Crippen molar-refractivity contribution in [1.82, 2.24) is 5.32 Å². The predicted octanol–water partition coefficient (Wildman–Crippen LogP) is 2.64. The fourth-order valence-electron chi connectivity index (χ4n) is 3.50. The monoisotopic (exact) mass is 334 g/mol. The SMILES string of the molecule is CCOC(=O)[C@@]1(C[C@@H]2CC(c3cccc(F)c3)=NO2)CCCNC1. The molecule has 1 fully saturated rings. The molecule has 6 heteroatoms. The van der Waals surface area contributed by atoms with Gasteiger partial charge in [-0.05, 0) is 38.4 Å². The van der Waals surface area contributed by atoms with Gasteiger partial charge in [-0.3, -0.25) is 4.79 Å². The molecule has 0 aliphatic carbocycles. The van der Waals surface area contributed by atoms with Gasteiger partial charge >= 0.3 is 5.97 Å². The summed E-state index contributed by atoms with van der Waals surface area (Å²) in [5, 5.41) is 7.40. The first kappa shape index (κ1) is 16.9. The van der Waals surface area contributed by atoms with Crippen molar-refractivity contribution in [2.75, 3.05) is 19.7 Å². The lowest BCUT2D eigenvalue weighted by atomic mass is 9.75. The van der Waals surface area contributed by atoms with E-state index in [1.807, 2.05) is 13.0 Å². The van der Waals surface area contributed by atoms with Gasteiger partial charge in [0.1, 0.15) is 11.9 Å². The molecule has 0 radical (unpaired) electrons. The summed E-state index contributed by atoms with van der Waals surface area (Å²) < 4.78 is 18.7. The van der Waals surface area contributed by atoms with E-state index in [2.05, 4.69) is 10.5 Å². The van der Waals surface area contributed by atoms with Gasteiger partial charge in [-0.1, -0.05) is 17.3 Å². The second-order valence-corrected chi connectivity index (χ2v) is 6.47. The standard InChI is InChI=1S/C18H23FN2O3/c1-2-23-17(22)18(7-4-8-20-12-18)11-15-10-16(21-24-15)13-5-3-6-14(19)9-13/h3,5-6,9,15,20H,2,4,7-8,10-12H2,1H3/t15-,18+/m0/s1. The van der Waals surface area contributed by atoms with Crippen molar-refractivity contribution in [3.05, 3.63) is 35.6 Å². The third kappa shape index (κ3) is 3.59. The Kier molecular flexibility index (Phi) is 5.14. The normalized spacial score (nSPS) is 26.6. The number of hydrogen-bond acceptors (Lipinski definition) is 5. The summed E-state index contributed by atoms with van der Waals surface area (Å²) >= 11 is 0. The number of oxime groups is 1. The van der Waals surface area contributed by atoms with Crippen molar-refractivity contribution < 1.29 is 18.8 Å². The Bertz CT molecular complexity index is 626. The van der Waals surface area contributed by atoms with Crippen molar-refractivity contribution in [3.63, 3.8) is 0 Å². The highest BCUT2D eigenvalue weighted by Gasteiger charge is 2.44. The van der Waals surface area contributed by atoms with Gasteiger partial charge in [0.15, 0.2) is 0 Å². The van der Waals surface area contributed by atoms with E-state index < -0.39 is 5.41 Å². The zero-order valence-electron chi connectivity index (χ0n) is 13.9. The highest BCUT2D eigenvalue weighted by molar-refractivity contribution is 6.01. The van der Waals surface area contributed by atoms with E-state index in [9.17, 15) is 9.18 Å². The van der Waals surface area contributed by atoms with Crippen LogP contribution in [0.1, 0.15) is 38.2 Å². The third-order valence-corrected chi connectivity index (χ3v) is 4.69. The maximum absolute atomic E-state index is 13.4. The minimum Gasteiger partial charge on any atom is -0.466 e. The maximum atomic E-state index is 13.4. The molecule has 2 atom stereocenters. The number of esters is 1. The second kappa shape index (κ2) is 7.30. The number of halogens is 1. The van der Waals surface area contributed by atoms with E-state index in [0.717, 1.165) is 30.7 Å². The number of hydrogen-bond donors (Lipinski definition) is 1. The van der Waals surface area contributed by atoms with Crippen molar-refractivity contribution in [2.45, 2.75) is 38.7 Å². The van der Waals surface area contributed by atoms with Crippen LogP contribution in [0, 0.1) is 11.2 Å². The lowest BCUT2D eigenvalue weighted by molar-refractivity contribution is -0.159. The maximum Gasteiger partial charge on any atom is 0.313 e. The molecule has 0 saturated carbocycles. The minimum atomic E-state index is -0.564.